The highest BCUT2D eigenvalue weighted by atomic mass is 32.2. The first-order valence-electron chi connectivity index (χ1n) is 9.69. The van der Waals surface area contributed by atoms with E-state index in [0.29, 0.717) is 11.8 Å². The summed E-state index contributed by atoms with van der Waals surface area (Å²) >= 11 is 0. The van der Waals surface area contributed by atoms with Gasteiger partial charge >= 0.3 is 6.18 Å². The maximum Gasteiger partial charge on any atom is 0.434 e. The number of aromatic nitrogens is 2. The second-order valence-electron chi connectivity index (χ2n) is 8.52. The molecule has 1 aromatic rings. The highest BCUT2D eigenvalue weighted by Gasteiger charge is 2.48. The van der Waals surface area contributed by atoms with Gasteiger partial charge in [0.05, 0.1) is 17.1 Å². The zero-order valence-electron chi connectivity index (χ0n) is 16.0. The predicted molar refractivity (Wildman–Crippen MR) is 99.1 cm³/mol. The predicted octanol–water partition coefficient (Wildman–Crippen LogP) is 2.36. The molecule has 29 heavy (non-hydrogen) atoms. The van der Waals surface area contributed by atoms with Gasteiger partial charge in [0.1, 0.15) is 0 Å². The van der Waals surface area contributed by atoms with Crippen LogP contribution in [0.1, 0.15) is 48.7 Å². The van der Waals surface area contributed by atoms with Crippen molar-refractivity contribution in [2.24, 2.45) is 11.8 Å². The standard InChI is InChI=1S/C18H23F3N4O3S/c1-17(9-11-2-3-12(17)8-11)24-16-22-10-13(14(23-16)18(19,20)21)15(26)25-4-6-29(27,28)7-5-25/h10-12H,2-9H2,1H3,(H,22,23,24)/t11-,12+,17-/m0/s1. The van der Waals surface area contributed by atoms with Crippen LogP contribution in [-0.2, 0) is 16.0 Å². The molecule has 11 heteroatoms. The fraction of sp³-hybridized carbons (Fsp3) is 0.722. The molecule has 7 nitrogen and oxygen atoms in total. The van der Waals surface area contributed by atoms with E-state index in [2.05, 4.69) is 15.3 Å². The number of rotatable bonds is 3. The lowest BCUT2D eigenvalue weighted by Gasteiger charge is -2.35. The van der Waals surface area contributed by atoms with Crippen LogP contribution in [0.3, 0.4) is 0 Å². The molecule has 0 radical (unpaired) electrons. The summed E-state index contributed by atoms with van der Waals surface area (Å²) in [7, 11) is -3.26. The molecule has 0 spiro atoms. The number of amides is 1. The molecule has 1 aromatic heterocycles. The lowest BCUT2D eigenvalue weighted by molar-refractivity contribution is -0.141. The van der Waals surface area contributed by atoms with Crippen LogP contribution in [0.5, 0.6) is 0 Å². The fourth-order valence-corrected chi connectivity index (χ4v) is 6.12. The number of hydrogen-bond acceptors (Lipinski definition) is 6. The van der Waals surface area contributed by atoms with Gasteiger partial charge in [0.2, 0.25) is 5.95 Å². The Morgan fingerprint density at radius 3 is 2.52 bits per heavy atom. The molecule has 2 bridgehead atoms. The number of carbonyl (C=O) groups is 1. The van der Waals surface area contributed by atoms with E-state index in [4.69, 9.17) is 0 Å². The highest BCUT2D eigenvalue weighted by molar-refractivity contribution is 7.91. The van der Waals surface area contributed by atoms with Gasteiger partial charge in [-0.25, -0.2) is 18.4 Å². The van der Waals surface area contributed by atoms with E-state index in [9.17, 15) is 26.4 Å². The molecular formula is C18H23F3N4O3S. The summed E-state index contributed by atoms with van der Waals surface area (Å²) in [6.07, 6.45) is 0.182. The average molecular weight is 432 g/mol. The molecule has 2 aliphatic carbocycles. The topological polar surface area (TPSA) is 92.3 Å². The SMILES string of the molecule is C[C@]1(Nc2ncc(C(=O)N3CCS(=O)(=O)CC3)c(C(F)(F)F)n2)C[C@H]2CC[C@@H]1C2. The van der Waals surface area contributed by atoms with Crippen molar-refractivity contribution in [2.45, 2.75) is 44.3 Å². The van der Waals surface area contributed by atoms with Crippen molar-refractivity contribution in [3.05, 3.63) is 17.5 Å². The van der Waals surface area contributed by atoms with E-state index < -0.39 is 33.2 Å². The third-order valence-electron chi connectivity index (χ3n) is 6.47. The number of halogens is 3. The summed E-state index contributed by atoms with van der Waals surface area (Å²) in [6.45, 7) is 1.71. The lowest BCUT2D eigenvalue weighted by atomic mass is 9.83. The first kappa shape index (κ1) is 20.4. The summed E-state index contributed by atoms with van der Waals surface area (Å²) in [5, 5.41) is 3.09. The number of sulfone groups is 1. The lowest BCUT2D eigenvalue weighted by Crippen LogP contribution is -2.44. The van der Waals surface area contributed by atoms with Crippen molar-refractivity contribution in [2.75, 3.05) is 29.9 Å². The average Bonchev–Trinajstić information content (AvgIpc) is 3.20. The Bertz CT molecular complexity index is 923. The summed E-state index contributed by atoms with van der Waals surface area (Å²) in [4.78, 5) is 21.4. The summed E-state index contributed by atoms with van der Waals surface area (Å²) < 4.78 is 64.0. The quantitative estimate of drug-likeness (QED) is 0.788. The van der Waals surface area contributed by atoms with E-state index in [1.54, 1.807) is 0 Å². The summed E-state index contributed by atoms with van der Waals surface area (Å²) in [6, 6.07) is 0. The minimum Gasteiger partial charge on any atom is -0.349 e. The van der Waals surface area contributed by atoms with Crippen molar-refractivity contribution in [3.63, 3.8) is 0 Å². The highest BCUT2D eigenvalue weighted by Crippen LogP contribution is 2.51. The fourth-order valence-electron chi connectivity index (χ4n) is 4.91. The number of fused-ring (bicyclic) bond motifs is 2. The monoisotopic (exact) mass is 432 g/mol. The second-order valence-corrected chi connectivity index (χ2v) is 10.8. The molecule has 160 valence electrons. The van der Waals surface area contributed by atoms with E-state index in [0.717, 1.165) is 36.8 Å². The van der Waals surface area contributed by atoms with Gasteiger partial charge in [-0.2, -0.15) is 13.2 Å². The van der Waals surface area contributed by atoms with Crippen LogP contribution < -0.4 is 5.32 Å². The number of hydrogen-bond donors (Lipinski definition) is 1. The van der Waals surface area contributed by atoms with Crippen LogP contribution in [0.2, 0.25) is 0 Å². The van der Waals surface area contributed by atoms with Gasteiger partial charge in [-0.3, -0.25) is 4.79 Å². The van der Waals surface area contributed by atoms with Crippen LogP contribution in [0.15, 0.2) is 6.20 Å². The minimum absolute atomic E-state index is 0.134. The zero-order valence-corrected chi connectivity index (χ0v) is 16.8. The van der Waals surface area contributed by atoms with Crippen molar-refractivity contribution >= 4 is 21.7 Å². The normalized spacial score (nSPS) is 31.1. The van der Waals surface area contributed by atoms with Gasteiger partial charge in [0.25, 0.3) is 5.91 Å². The van der Waals surface area contributed by atoms with E-state index >= 15 is 0 Å². The number of anilines is 1. The Balaban J connectivity index is 1.59. The van der Waals surface area contributed by atoms with Crippen LogP contribution >= 0.6 is 0 Å². The molecule has 4 rings (SSSR count). The van der Waals surface area contributed by atoms with Crippen LogP contribution in [-0.4, -0.2) is 59.3 Å². The minimum atomic E-state index is -4.83. The largest absolute Gasteiger partial charge is 0.434 e. The molecule has 1 N–H and O–H groups in total. The molecule has 1 saturated heterocycles. The maximum absolute atomic E-state index is 13.7. The van der Waals surface area contributed by atoms with E-state index in [1.807, 2.05) is 6.92 Å². The Morgan fingerprint density at radius 1 is 1.28 bits per heavy atom. The molecular weight excluding hydrogens is 409 g/mol. The van der Waals surface area contributed by atoms with Crippen molar-refractivity contribution in [1.29, 1.82) is 0 Å². The van der Waals surface area contributed by atoms with E-state index in [-0.39, 0.29) is 36.1 Å². The van der Waals surface area contributed by atoms with Crippen LogP contribution in [0.4, 0.5) is 19.1 Å². The first-order chi connectivity index (χ1) is 13.5. The molecule has 2 heterocycles. The zero-order chi connectivity index (χ0) is 21.0. The number of carbonyl (C=O) groups excluding carboxylic acids is 1. The molecule has 3 fully saturated rings. The Morgan fingerprint density at radius 2 is 1.97 bits per heavy atom. The number of nitrogens with zero attached hydrogens (tertiary/aromatic N) is 3. The van der Waals surface area contributed by atoms with Crippen molar-refractivity contribution < 1.29 is 26.4 Å². The number of nitrogens with one attached hydrogen (secondary N) is 1. The smallest absolute Gasteiger partial charge is 0.349 e. The molecule has 3 aliphatic rings. The van der Waals surface area contributed by atoms with Crippen molar-refractivity contribution in [3.8, 4) is 0 Å². The molecule has 1 aliphatic heterocycles. The number of alkyl halides is 3. The van der Waals surface area contributed by atoms with Gasteiger partial charge in [-0.05, 0) is 44.4 Å². The van der Waals surface area contributed by atoms with Gasteiger partial charge in [-0.1, -0.05) is 0 Å². The Hall–Kier alpha value is -1.91. The van der Waals surface area contributed by atoms with Gasteiger partial charge in [0.15, 0.2) is 15.5 Å². The first-order valence-corrected chi connectivity index (χ1v) is 11.5. The maximum atomic E-state index is 13.7. The Labute approximate surface area is 167 Å². The van der Waals surface area contributed by atoms with Gasteiger partial charge in [-0.15, -0.1) is 0 Å². The van der Waals surface area contributed by atoms with Gasteiger partial charge in [0, 0.05) is 24.8 Å². The second kappa shape index (κ2) is 6.82. The molecule has 3 atom stereocenters. The van der Waals surface area contributed by atoms with Crippen LogP contribution in [0, 0.1) is 11.8 Å². The summed E-state index contributed by atoms with van der Waals surface area (Å²) in [5.74, 6) is -0.601. The molecule has 1 amide bonds. The molecule has 0 unspecified atom stereocenters. The van der Waals surface area contributed by atoms with Gasteiger partial charge < -0.3 is 10.2 Å². The van der Waals surface area contributed by atoms with Crippen molar-refractivity contribution in [1.82, 2.24) is 14.9 Å². The Kier molecular flexibility index (Phi) is 4.79. The molecule has 0 aromatic carbocycles. The van der Waals surface area contributed by atoms with E-state index in [1.165, 1.54) is 0 Å². The molecule has 2 saturated carbocycles. The van der Waals surface area contributed by atoms with Crippen LogP contribution in [0.25, 0.3) is 0 Å². The third kappa shape index (κ3) is 3.93. The summed E-state index contributed by atoms with van der Waals surface area (Å²) in [5.41, 5.74) is -2.29. The third-order valence-corrected chi connectivity index (χ3v) is 8.08.